The molecular weight excluding hydrogens is 492 g/mol. The first-order valence-corrected chi connectivity index (χ1v) is 12.0. The molecule has 1 saturated heterocycles. The van der Waals surface area contributed by atoms with Crippen LogP contribution in [0.2, 0.25) is 0 Å². The first-order chi connectivity index (χ1) is 18.2. The quantitative estimate of drug-likeness (QED) is 0.433. The summed E-state index contributed by atoms with van der Waals surface area (Å²) in [7, 11) is 0. The van der Waals surface area contributed by atoms with E-state index in [1.165, 1.54) is 19.1 Å². The average molecular weight is 520 g/mol. The van der Waals surface area contributed by atoms with Gasteiger partial charge >= 0.3 is 5.97 Å². The van der Waals surface area contributed by atoms with Crippen molar-refractivity contribution >= 4 is 29.0 Å². The zero-order valence-electron chi connectivity index (χ0n) is 20.8. The Bertz CT molecular complexity index is 1400. The number of carboxylic acids is 1. The van der Waals surface area contributed by atoms with Crippen molar-refractivity contribution < 1.29 is 23.5 Å². The lowest BCUT2D eigenvalue weighted by Crippen LogP contribution is -2.48. The lowest BCUT2D eigenvalue weighted by atomic mass is 9.73. The lowest BCUT2D eigenvalue weighted by molar-refractivity contribution is -0.144. The van der Waals surface area contributed by atoms with Gasteiger partial charge in [-0.2, -0.15) is 0 Å². The fourth-order valence-electron chi connectivity index (χ4n) is 4.47. The molecular formula is C28H27F2N5O3. The maximum Gasteiger partial charge on any atom is 0.314 e. The Labute approximate surface area is 218 Å². The van der Waals surface area contributed by atoms with Crippen molar-refractivity contribution in [1.82, 2.24) is 9.97 Å². The molecule has 10 heteroatoms. The van der Waals surface area contributed by atoms with Crippen molar-refractivity contribution in [3.8, 4) is 0 Å². The van der Waals surface area contributed by atoms with Gasteiger partial charge in [0.05, 0.1) is 23.9 Å². The summed E-state index contributed by atoms with van der Waals surface area (Å²) in [5, 5.41) is 10.0. The molecule has 38 heavy (non-hydrogen) atoms. The van der Waals surface area contributed by atoms with Crippen LogP contribution in [0.1, 0.15) is 36.7 Å². The minimum Gasteiger partial charge on any atom is -0.481 e. The summed E-state index contributed by atoms with van der Waals surface area (Å²) >= 11 is 0. The fourth-order valence-corrected chi connectivity index (χ4v) is 4.47. The van der Waals surface area contributed by atoms with Gasteiger partial charge in [-0.15, -0.1) is 0 Å². The zero-order chi connectivity index (χ0) is 27.3. The molecule has 0 unspecified atom stereocenters. The maximum absolute atomic E-state index is 14.8. The predicted molar refractivity (Wildman–Crippen MR) is 140 cm³/mol. The van der Waals surface area contributed by atoms with Crippen LogP contribution in [0.4, 0.5) is 14.6 Å². The van der Waals surface area contributed by atoms with E-state index in [-0.39, 0.29) is 55.5 Å². The van der Waals surface area contributed by atoms with Gasteiger partial charge < -0.3 is 15.7 Å². The third kappa shape index (κ3) is 5.59. The molecule has 0 radical (unpaired) electrons. The summed E-state index contributed by atoms with van der Waals surface area (Å²) in [4.78, 5) is 38.5. The summed E-state index contributed by atoms with van der Waals surface area (Å²) in [6.45, 7) is 1.74. The molecule has 3 N–H and O–H groups in total. The molecule has 196 valence electrons. The molecule has 0 saturated carbocycles. The average Bonchev–Trinajstić information content (AvgIpc) is 2.92. The monoisotopic (exact) mass is 519 g/mol. The topological polar surface area (TPSA) is 122 Å². The number of anilines is 1. The summed E-state index contributed by atoms with van der Waals surface area (Å²) in [5.74, 6) is -2.46. The van der Waals surface area contributed by atoms with Crippen LogP contribution in [0.15, 0.2) is 71.9 Å². The number of halogens is 2. The largest absolute Gasteiger partial charge is 0.481 e. The van der Waals surface area contributed by atoms with Crippen LogP contribution in [-0.4, -0.2) is 45.6 Å². The Balaban J connectivity index is 1.56. The van der Waals surface area contributed by atoms with Crippen molar-refractivity contribution in [3.63, 3.8) is 0 Å². The second kappa shape index (κ2) is 11.3. The number of carboxylic acid groups (broad SMARTS) is 1. The molecule has 1 aliphatic heterocycles. The highest BCUT2D eigenvalue weighted by Gasteiger charge is 2.43. The second-order valence-electron chi connectivity index (χ2n) is 9.05. The van der Waals surface area contributed by atoms with E-state index < -0.39 is 28.8 Å². The number of nitrogens with two attached hydrogens (primary N) is 1. The van der Waals surface area contributed by atoms with Crippen LogP contribution in [0.5, 0.6) is 0 Å². The van der Waals surface area contributed by atoms with Gasteiger partial charge in [-0.05, 0) is 30.5 Å². The van der Waals surface area contributed by atoms with Gasteiger partial charge in [-0.25, -0.2) is 18.7 Å². The van der Waals surface area contributed by atoms with Gasteiger partial charge in [0, 0.05) is 25.6 Å². The molecule has 4 rings (SSSR count). The molecule has 8 nitrogen and oxygen atoms in total. The number of aliphatic imine (C=N–C) groups is 1. The van der Waals surface area contributed by atoms with Crippen LogP contribution >= 0.6 is 0 Å². The third-order valence-electron chi connectivity index (χ3n) is 6.67. The number of ketones is 1. The first kappa shape index (κ1) is 26.6. The molecule has 0 amide bonds. The summed E-state index contributed by atoms with van der Waals surface area (Å²) in [6.07, 6.45) is 2.78. The van der Waals surface area contributed by atoms with Crippen molar-refractivity contribution in [2.75, 3.05) is 18.0 Å². The highest BCUT2D eigenvalue weighted by molar-refractivity contribution is 6.44. The lowest BCUT2D eigenvalue weighted by Gasteiger charge is -2.39. The van der Waals surface area contributed by atoms with Gasteiger partial charge in [0.25, 0.3) is 0 Å². The first-order valence-electron chi connectivity index (χ1n) is 12.0. The number of hydrogen-bond donors (Lipinski definition) is 2. The maximum atomic E-state index is 14.8. The zero-order valence-corrected chi connectivity index (χ0v) is 20.8. The molecule has 0 aliphatic carbocycles. The van der Waals surface area contributed by atoms with E-state index in [1.807, 2.05) is 6.07 Å². The Morgan fingerprint density at radius 2 is 1.74 bits per heavy atom. The van der Waals surface area contributed by atoms with Gasteiger partial charge in [0.2, 0.25) is 0 Å². The summed E-state index contributed by atoms with van der Waals surface area (Å²) in [6, 6.07) is 15.1. The Morgan fingerprint density at radius 3 is 2.37 bits per heavy atom. The number of carbonyl (C=O) groups is 2. The number of piperidine rings is 1. The number of aliphatic carboxylic acids is 1. The van der Waals surface area contributed by atoms with E-state index in [1.54, 1.807) is 47.4 Å². The van der Waals surface area contributed by atoms with Crippen molar-refractivity contribution in [2.45, 2.75) is 31.7 Å². The van der Waals surface area contributed by atoms with E-state index in [9.17, 15) is 23.5 Å². The second-order valence-corrected chi connectivity index (χ2v) is 9.05. The predicted octanol–water partition coefficient (Wildman–Crippen LogP) is 3.91. The standard InChI is InChI=1S/C28H27F2N5O3/c1-18(36)24(32-16-19-7-5-6-10-21(19)29)15-23(31)25-33-17-22(30)26(34-25)35-13-11-28(12-14-35,27(37)38)20-8-3-2-4-9-20/h2-10,15,17H,11-14,16,31H2,1H3,(H,37,38). The molecule has 0 atom stereocenters. The molecule has 3 aromatic rings. The number of rotatable bonds is 8. The van der Waals surface area contributed by atoms with Crippen LogP contribution in [0.25, 0.3) is 5.70 Å². The normalized spacial score (nSPS) is 15.8. The number of nitrogens with zero attached hydrogens (tertiary/aromatic N) is 4. The number of benzene rings is 2. The molecule has 1 fully saturated rings. The molecule has 2 aromatic carbocycles. The van der Waals surface area contributed by atoms with Crippen LogP contribution in [-0.2, 0) is 21.5 Å². The smallest absolute Gasteiger partial charge is 0.314 e. The number of Topliss-reactive ketones (excluding diaryl/α,β-unsaturated/α-hetero) is 1. The highest BCUT2D eigenvalue weighted by Crippen LogP contribution is 2.37. The van der Waals surface area contributed by atoms with Crippen molar-refractivity contribution in [2.24, 2.45) is 10.7 Å². The third-order valence-corrected chi connectivity index (χ3v) is 6.67. The van der Waals surface area contributed by atoms with Crippen LogP contribution in [0.3, 0.4) is 0 Å². The SMILES string of the molecule is CC(=O)C(C=C(N)c1ncc(F)c(N2CCC(C(=O)O)(c3ccccc3)CC2)n1)=NCc1ccccc1F. The van der Waals surface area contributed by atoms with Gasteiger partial charge in [0.1, 0.15) is 11.5 Å². The number of aromatic nitrogens is 2. The number of hydrogen-bond acceptors (Lipinski definition) is 7. The number of carbonyl (C=O) groups excluding carboxylic acids is 1. The molecule has 1 aliphatic rings. The summed E-state index contributed by atoms with van der Waals surface area (Å²) in [5.41, 5.74) is 6.07. The summed E-state index contributed by atoms with van der Waals surface area (Å²) < 4.78 is 28.7. The van der Waals surface area contributed by atoms with E-state index in [0.29, 0.717) is 11.1 Å². The number of allylic oxidation sites excluding steroid dienone is 1. The van der Waals surface area contributed by atoms with E-state index in [0.717, 1.165) is 6.20 Å². The van der Waals surface area contributed by atoms with Gasteiger partial charge in [-0.3, -0.25) is 14.6 Å². The van der Waals surface area contributed by atoms with E-state index in [2.05, 4.69) is 15.0 Å². The Morgan fingerprint density at radius 1 is 1.08 bits per heavy atom. The minimum absolute atomic E-state index is 0.00713. The van der Waals surface area contributed by atoms with Gasteiger partial charge in [0.15, 0.2) is 23.2 Å². The molecule has 0 spiro atoms. The minimum atomic E-state index is -1.08. The van der Waals surface area contributed by atoms with Crippen LogP contribution < -0.4 is 10.6 Å². The Hall–Kier alpha value is -4.47. The molecule has 1 aromatic heterocycles. The fraction of sp³-hybridized carbons (Fsp3) is 0.250. The van der Waals surface area contributed by atoms with Gasteiger partial charge in [-0.1, -0.05) is 48.5 Å². The highest BCUT2D eigenvalue weighted by atomic mass is 19.1. The van der Waals surface area contributed by atoms with Crippen LogP contribution in [0, 0.1) is 11.6 Å². The molecule has 2 heterocycles. The Kier molecular flexibility index (Phi) is 7.90. The van der Waals surface area contributed by atoms with E-state index in [4.69, 9.17) is 5.73 Å². The van der Waals surface area contributed by atoms with E-state index >= 15 is 0 Å². The van der Waals surface area contributed by atoms with Crippen molar-refractivity contribution in [1.29, 1.82) is 0 Å². The van der Waals surface area contributed by atoms with Crippen molar-refractivity contribution in [3.05, 3.63) is 95.5 Å². The molecule has 0 bridgehead atoms.